The van der Waals surface area contributed by atoms with E-state index in [0.29, 0.717) is 48.2 Å². The fourth-order valence-electron chi connectivity index (χ4n) is 3.85. The van der Waals surface area contributed by atoms with Crippen LogP contribution in [0.1, 0.15) is 10.4 Å². The van der Waals surface area contributed by atoms with E-state index in [-0.39, 0.29) is 16.3 Å². The van der Waals surface area contributed by atoms with Gasteiger partial charge in [-0.1, -0.05) is 28.4 Å². The molecule has 0 unspecified atom stereocenters. The van der Waals surface area contributed by atoms with Crippen LogP contribution >= 0.6 is 23.2 Å². The molecule has 3 heterocycles. The van der Waals surface area contributed by atoms with E-state index in [9.17, 15) is 14.9 Å². The summed E-state index contributed by atoms with van der Waals surface area (Å²) in [6.45, 7) is 1.61. The maximum absolute atomic E-state index is 13.0. The van der Waals surface area contributed by atoms with E-state index in [1.807, 2.05) is 17.0 Å². The van der Waals surface area contributed by atoms with E-state index in [4.69, 9.17) is 23.2 Å². The summed E-state index contributed by atoms with van der Waals surface area (Å²) in [6, 6.07) is 11.1. The van der Waals surface area contributed by atoms with Crippen LogP contribution in [-0.2, 0) is 0 Å². The van der Waals surface area contributed by atoms with E-state index >= 15 is 0 Å². The molecule has 0 spiro atoms. The van der Waals surface area contributed by atoms with Gasteiger partial charge in [0.25, 0.3) is 11.6 Å². The van der Waals surface area contributed by atoms with Crippen molar-refractivity contribution in [2.24, 2.45) is 0 Å². The van der Waals surface area contributed by atoms with Gasteiger partial charge in [0.05, 0.1) is 10.6 Å². The van der Waals surface area contributed by atoms with Crippen LogP contribution in [-0.4, -0.2) is 66.9 Å². The van der Waals surface area contributed by atoms with Gasteiger partial charge >= 0.3 is 0 Å². The fourth-order valence-corrected chi connectivity index (χ4v) is 4.15. The Hall–Kier alpha value is -3.83. The standard InChI is InChI=1S/C21H16Cl2N8O3/c22-13-1-4-15(5-2-13)30-20-18(26-27-30)19(24-12-25-20)28-7-9-29(10-8-28)21(32)16-11-14(23)3-6-17(16)31(33)34/h1-6,11-12H,7-10H2. The van der Waals surface area contributed by atoms with Crippen LogP contribution in [0, 0.1) is 10.1 Å². The molecule has 1 fully saturated rings. The maximum Gasteiger partial charge on any atom is 0.282 e. The number of carbonyl (C=O) groups excluding carboxylic acids is 1. The van der Waals surface area contributed by atoms with Crippen molar-refractivity contribution in [1.82, 2.24) is 29.9 Å². The van der Waals surface area contributed by atoms with Crippen molar-refractivity contribution < 1.29 is 9.72 Å². The third-order valence-corrected chi connectivity index (χ3v) is 6.03. The summed E-state index contributed by atoms with van der Waals surface area (Å²) in [7, 11) is 0. The lowest BCUT2D eigenvalue weighted by molar-refractivity contribution is -0.385. The van der Waals surface area contributed by atoms with E-state index < -0.39 is 10.8 Å². The normalized spacial score (nSPS) is 13.9. The largest absolute Gasteiger partial charge is 0.351 e. The highest BCUT2D eigenvalue weighted by molar-refractivity contribution is 6.31. The van der Waals surface area contributed by atoms with Gasteiger partial charge in [0.1, 0.15) is 11.9 Å². The predicted molar refractivity (Wildman–Crippen MR) is 126 cm³/mol. The average Bonchev–Trinajstić information content (AvgIpc) is 3.28. The average molecular weight is 499 g/mol. The molecule has 172 valence electrons. The smallest absolute Gasteiger partial charge is 0.282 e. The van der Waals surface area contributed by atoms with Gasteiger partial charge in [-0.15, -0.1) is 5.10 Å². The van der Waals surface area contributed by atoms with E-state index in [0.717, 1.165) is 5.69 Å². The first-order valence-corrected chi connectivity index (χ1v) is 11.0. The number of halogens is 2. The Morgan fingerprint density at radius 2 is 1.68 bits per heavy atom. The summed E-state index contributed by atoms with van der Waals surface area (Å²) >= 11 is 12.0. The molecule has 1 aliphatic rings. The minimum Gasteiger partial charge on any atom is -0.351 e. The number of carbonyl (C=O) groups is 1. The van der Waals surface area contributed by atoms with Gasteiger partial charge in [-0.05, 0) is 36.4 Å². The molecule has 0 bridgehead atoms. The first-order chi connectivity index (χ1) is 16.4. The molecule has 0 saturated carbocycles. The lowest BCUT2D eigenvalue weighted by atomic mass is 10.1. The quantitative estimate of drug-likeness (QED) is 0.309. The van der Waals surface area contributed by atoms with Crippen LogP contribution in [0.15, 0.2) is 48.8 Å². The molecule has 1 amide bonds. The van der Waals surface area contributed by atoms with Crippen molar-refractivity contribution >= 4 is 51.8 Å². The zero-order valence-electron chi connectivity index (χ0n) is 17.5. The lowest BCUT2D eigenvalue weighted by Gasteiger charge is -2.35. The highest BCUT2D eigenvalue weighted by atomic mass is 35.5. The number of fused-ring (bicyclic) bond motifs is 1. The molecule has 34 heavy (non-hydrogen) atoms. The van der Waals surface area contributed by atoms with Gasteiger partial charge in [-0.3, -0.25) is 14.9 Å². The lowest BCUT2D eigenvalue weighted by Crippen LogP contribution is -2.49. The van der Waals surface area contributed by atoms with Crippen LogP contribution in [0.3, 0.4) is 0 Å². The van der Waals surface area contributed by atoms with Gasteiger partial charge in [-0.25, -0.2) is 9.97 Å². The second kappa shape index (κ2) is 8.84. The van der Waals surface area contributed by atoms with E-state index in [2.05, 4.69) is 20.3 Å². The second-order valence-electron chi connectivity index (χ2n) is 7.54. The van der Waals surface area contributed by atoms with E-state index in [1.54, 1.807) is 21.7 Å². The fraction of sp³-hybridized carbons (Fsp3) is 0.190. The Kier molecular flexibility index (Phi) is 5.72. The minimum atomic E-state index is -0.582. The van der Waals surface area contributed by atoms with Crippen LogP contribution < -0.4 is 4.90 Å². The van der Waals surface area contributed by atoms with Gasteiger partial charge in [-0.2, -0.15) is 4.68 Å². The molecule has 0 N–H and O–H groups in total. The summed E-state index contributed by atoms with van der Waals surface area (Å²) in [5, 5.41) is 20.7. The molecule has 11 nitrogen and oxygen atoms in total. The van der Waals surface area contributed by atoms with Gasteiger partial charge in [0, 0.05) is 42.3 Å². The zero-order chi connectivity index (χ0) is 23.8. The number of nitrogens with zero attached hydrogens (tertiary/aromatic N) is 8. The number of rotatable bonds is 4. The topological polar surface area (TPSA) is 123 Å². The molecule has 2 aromatic heterocycles. The number of amides is 1. The van der Waals surface area contributed by atoms with Crippen molar-refractivity contribution in [3.05, 3.63) is 74.5 Å². The van der Waals surface area contributed by atoms with Crippen molar-refractivity contribution in [2.75, 3.05) is 31.1 Å². The van der Waals surface area contributed by atoms with Crippen molar-refractivity contribution in [3.8, 4) is 5.69 Å². The minimum absolute atomic E-state index is 0.0266. The number of nitro groups is 1. The molecule has 0 radical (unpaired) electrons. The molecule has 2 aromatic carbocycles. The van der Waals surface area contributed by atoms with Crippen LogP contribution in [0.25, 0.3) is 16.9 Å². The van der Waals surface area contributed by atoms with Crippen molar-refractivity contribution in [2.45, 2.75) is 0 Å². The monoisotopic (exact) mass is 498 g/mol. The predicted octanol–water partition coefficient (Wildman–Crippen LogP) is 3.39. The summed E-state index contributed by atoms with van der Waals surface area (Å²) in [6.07, 6.45) is 1.44. The Bertz CT molecular complexity index is 1400. The number of nitro benzene ring substituents is 1. The molecule has 0 atom stereocenters. The van der Waals surface area contributed by atoms with Gasteiger partial charge in [0.15, 0.2) is 17.0 Å². The van der Waals surface area contributed by atoms with Crippen molar-refractivity contribution in [3.63, 3.8) is 0 Å². The first kappa shape index (κ1) is 22.0. The molecule has 13 heteroatoms. The molecular weight excluding hydrogens is 483 g/mol. The number of aromatic nitrogens is 5. The Morgan fingerprint density at radius 3 is 2.38 bits per heavy atom. The second-order valence-corrected chi connectivity index (χ2v) is 8.42. The SMILES string of the molecule is O=C(c1cc(Cl)ccc1[N+](=O)[O-])N1CCN(c2ncnc3c2nnn3-c2ccc(Cl)cc2)CC1. The molecule has 5 rings (SSSR count). The third-order valence-electron chi connectivity index (χ3n) is 5.54. The van der Waals surface area contributed by atoms with Crippen LogP contribution in [0.5, 0.6) is 0 Å². The molecular formula is C21H16Cl2N8O3. The van der Waals surface area contributed by atoms with Gasteiger partial charge in [0.2, 0.25) is 0 Å². The first-order valence-electron chi connectivity index (χ1n) is 10.2. The molecule has 4 aromatic rings. The summed E-state index contributed by atoms with van der Waals surface area (Å²) in [5.41, 5.74) is 1.53. The Labute approximate surface area is 202 Å². The summed E-state index contributed by atoms with van der Waals surface area (Å²) in [4.78, 5) is 36.1. The van der Waals surface area contributed by atoms with Crippen LogP contribution in [0.4, 0.5) is 11.5 Å². The molecule has 0 aliphatic carbocycles. The van der Waals surface area contributed by atoms with Crippen molar-refractivity contribution in [1.29, 1.82) is 0 Å². The number of hydrogen-bond acceptors (Lipinski definition) is 8. The number of benzene rings is 2. The number of piperazine rings is 1. The number of hydrogen-bond donors (Lipinski definition) is 0. The summed E-state index contributed by atoms with van der Waals surface area (Å²) in [5.74, 6) is 0.168. The molecule has 1 aliphatic heterocycles. The Balaban J connectivity index is 1.37. The highest BCUT2D eigenvalue weighted by Crippen LogP contribution is 2.27. The Morgan fingerprint density at radius 1 is 0.971 bits per heavy atom. The van der Waals surface area contributed by atoms with E-state index in [1.165, 1.54) is 24.5 Å². The zero-order valence-corrected chi connectivity index (χ0v) is 19.0. The summed E-state index contributed by atoms with van der Waals surface area (Å²) < 4.78 is 1.61. The maximum atomic E-state index is 13.0. The molecule has 1 saturated heterocycles. The third kappa shape index (κ3) is 3.99. The number of anilines is 1. The highest BCUT2D eigenvalue weighted by Gasteiger charge is 2.29. The van der Waals surface area contributed by atoms with Gasteiger partial charge < -0.3 is 9.80 Å². The van der Waals surface area contributed by atoms with Crippen LogP contribution in [0.2, 0.25) is 10.0 Å².